The third-order valence-electron chi connectivity index (χ3n) is 3.14. The summed E-state index contributed by atoms with van der Waals surface area (Å²) in [5.41, 5.74) is 0.912. The van der Waals surface area contributed by atoms with E-state index in [0.717, 1.165) is 31.4 Å². The first-order chi connectivity index (χ1) is 7.75. The molecule has 0 aliphatic carbocycles. The van der Waals surface area contributed by atoms with Crippen molar-refractivity contribution >= 4 is 0 Å². The zero-order chi connectivity index (χ0) is 11.4. The van der Waals surface area contributed by atoms with Crippen LogP contribution >= 0.6 is 0 Å². The summed E-state index contributed by atoms with van der Waals surface area (Å²) in [4.78, 5) is 0. The van der Waals surface area contributed by atoms with Crippen molar-refractivity contribution in [3.63, 3.8) is 0 Å². The fourth-order valence-electron chi connectivity index (χ4n) is 2.19. The molecule has 4 heteroatoms. The van der Waals surface area contributed by atoms with Crippen LogP contribution in [-0.4, -0.2) is 27.6 Å². The van der Waals surface area contributed by atoms with Gasteiger partial charge in [0.2, 0.25) is 0 Å². The monoisotopic (exact) mass is 224 g/mol. The highest BCUT2D eigenvalue weighted by atomic mass is 16.5. The van der Waals surface area contributed by atoms with Crippen LogP contribution in [0.4, 0.5) is 0 Å². The van der Waals surface area contributed by atoms with Gasteiger partial charge in [-0.05, 0) is 32.1 Å². The third-order valence-corrected chi connectivity index (χ3v) is 3.14. The second-order valence-electron chi connectivity index (χ2n) is 4.53. The first-order valence-corrected chi connectivity index (χ1v) is 6.04. The van der Waals surface area contributed by atoms with E-state index in [-0.39, 0.29) is 6.10 Å². The van der Waals surface area contributed by atoms with Crippen molar-refractivity contribution in [3.8, 4) is 0 Å². The summed E-state index contributed by atoms with van der Waals surface area (Å²) < 4.78 is 7.27. The Morgan fingerprint density at radius 3 is 3.19 bits per heavy atom. The Morgan fingerprint density at radius 2 is 2.56 bits per heavy atom. The van der Waals surface area contributed by atoms with Crippen molar-refractivity contribution < 1.29 is 9.84 Å². The molecule has 1 aromatic heterocycles. The summed E-state index contributed by atoms with van der Waals surface area (Å²) in [5, 5.41) is 14.0. The van der Waals surface area contributed by atoms with Gasteiger partial charge in [0.05, 0.1) is 18.4 Å². The quantitative estimate of drug-likeness (QED) is 0.829. The number of aliphatic hydroxyl groups excluding tert-OH is 1. The molecule has 90 valence electrons. The molecule has 0 aromatic carbocycles. The highest BCUT2D eigenvalue weighted by Crippen LogP contribution is 2.22. The van der Waals surface area contributed by atoms with Gasteiger partial charge in [0.25, 0.3) is 0 Å². The van der Waals surface area contributed by atoms with Crippen LogP contribution in [0, 0.1) is 0 Å². The zero-order valence-corrected chi connectivity index (χ0v) is 9.80. The average Bonchev–Trinajstić information content (AvgIpc) is 2.89. The summed E-state index contributed by atoms with van der Waals surface area (Å²) in [6.45, 7) is 0.913. The molecule has 16 heavy (non-hydrogen) atoms. The van der Waals surface area contributed by atoms with Crippen molar-refractivity contribution in [2.24, 2.45) is 7.05 Å². The van der Waals surface area contributed by atoms with E-state index < -0.39 is 0 Å². The smallest absolute Gasteiger partial charge is 0.0820 e. The van der Waals surface area contributed by atoms with E-state index in [2.05, 4.69) is 5.10 Å². The molecule has 2 atom stereocenters. The summed E-state index contributed by atoms with van der Waals surface area (Å²) in [7, 11) is 1.86. The van der Waals surface area contributed by atoms with E-state index in [1.165, 1.54) is 12.8 Å². The molecule has 0 amide bonds. The number of aromatic nitrogens is 2. The second kappa shape index (κ2) is 5.46. The predicted octanol–water partition coefficient (Wildman–Crippen LogP) is 1.80. The summed E-state index contributed by atoms with van der Waals surface area (Å²) in [6.07, 6.45) is 8.91. The van der Waals surface area contributed by atoms with Crippen molar-refractivity contribution in [2.75, 3.05) is 6.61 Å². The lowest BCUT2D eigenvalue weighted by molar-refractivity contribution is 0.0944. The van der Waals surface area contributed by atoms with E-state index in [1.54, 1.807) is 10.9 Å². The topological polar surface area (TPSA) is 47.3 Å². The van der Waals surface area contributed by atoms with Crippen LogP contribution in [-0.2, 0) is 11.8 Å². The second-order valence-corrected chi connectivity index (χ2v) is 4.53. The number of rotatable bonds is 5. The zero-order valence-electron chi connectivity index (χ0n) is 9.80. The molecule has 1 aliphatic heterocycles. The van der Waals surface area contributed by atoms with Gasteiger partial charge in [-0.3, -0.25) is 4.68 Å². The Balaban J connectivity index is 1.69. The molecular weight excluding hydrogens is 204 g/mol. The molecule has 2 heterocycles. The first-order valence-electron chi connectivity index (χ1n) is 6.04. The number of nitrogens with zero attached hydrogens (tertiary/aromatic N) is 2. The van der Waals surface area contributed by atoms with Crippen LogP contribution in [0.25, 0.3) is 0 Å². The van der Waals surface area contributed by atoms with Gasteiger partial charge < -0.3 is 9.84 Å². The van der Waals surface area contributed by atoms with Crippen molar-refractivity contribution in [3.05, 3.63) is 18.0 Å². The molecule has 4 nitrogen and oxygen atoms in total. The van der Waals surface area contributed by atoms with Gasteiger partial charge in [0.1, 0.15) is 0 Å². The molecule has 0 spiro atoms. The standard InChI is InChI=1S/C12H20N2O2/c1-14-9-10(8-13-14)12(15)6-2-4-11-5-3-7-16-11/h8-9,11-12,15H,2-7H2,1H3. The molecule has 1 aromatic rings. The molecule has 2 rings (SSSR count). The van der Waals surface area contributed by atoms with Gasteiger partial charge in [-0.25, -0.2) is 0 Å². The van der Waals surface area contributed by atoms with Crippen LogP contribution in [0.1, 0.15) is 43.8 Å². The molecule has 0 bridgehead atoms. The Hall–Kier alpha value is -0.870. The van der Waals surface area contributed by atoms with E-state index >= 15 is 0 Å². The maximum Gasteiger partial charge on any atom is 0.0820 e. The molecular formula is C12H20N2O2. The Bertz CT molecular complexity index is 319. The molecule has 1 saturated heterocycles. The van der Waals surface area contributed by atoms with Crippen LogP contribution in [0.15, 0.2) is 12.4 Å². The Morgan fingerprint density at radius 1 is 1.69 bits per heavy atom. The van der Waals surface area contributed by atoms with Crippen LogP contribution in [0.5, 0.6) is 0 Å². The molecule has 1 aliphatic rings. The largest absolute Gasteiger partial charge is 0.388 e. The minimum atomic E-state index is -0.380. The lowest BCUT2D eigenvalue weighted by atomic mass is 10.0. The maximum atomic E-state index is 9.91. The van der Waals surface area contributed by atoms with Gasteiger partial charge in [0.15, 0.2) is 0 Å². The van der Waals surface area contributed by atoms with Crippen LogP contribution < -0.4 is 0 Å². The van der Waals surface area contributed by atoms with Crippen molar-refractivity contribution in [2.45, 2.75) is 44.3 Å². The van der Waals surface area contributed by atoms with E-state index in [9.17, 15) is 5.11 Å². The van der Waals surface area contributed by atoms with Gasteiger partial charge in [-0.1, -0.05) is 0 Å². The molecule has 0 saturated carbocycles. The highest BCUT2D eigenvalue weighted by Gasteiger charge is 2.16. The molecule has 1 fully saturated rings. The van der Waals surface area contributed by atoms with E-state index in [4.69, 9.17) is 4.74 Å². The van der Waals surface area contributed by atoms with Gasteiger partial charge >= 0.3 is 0 Å². The number of aliphatic hydroxyl groups is 1. The van der Waals surface area contributed by atoms with Crippen LogP contribution in [0.2, 0.25) is 0 Å². The molecule has 0 radical (unpaired) electrons. The minimum absolute atomic E-state index is 0.380. The van der Waals surface area contributed by atoms with Crippen molar-refractivity contribution in [1.82, 2.24) is 9.78 Å². The maximum absolute atomic E-state index is 9.91. The number of ether oxygens (including phenoxy) is 1. The lowest BCUT2D eigenvalue weighted by Crippen LogP contribution is -2.05. The number of hydrogen-bond donors (Lipinski definition) is 1. The molecule has 2 unspecified atom stereocenters. The van der Waals surface area contributed by atoms with Crippen LogP contribution in [0.3, 0.4) is 0 Å². The lowest BCUT2D eigenvalue weighted by Gasteiger charge is -2.11. The normalized spacial score (nSPS) is 22.5. The Kier molecular flexibility index (Phi) is 3.96. The first kappa shape index (κ1) is 11.6. The third kappa shape index (κ3) is 3.06. The molecule has 1 N–H and O–H groups in total. The predicted molar refractivity (Wildman–Crippen MR) is 61.0 cm³/mol. The highest BCUT2D eigenvalue weighted by molar-refractivity contribution is 5.07. The fourth-order valence-corrected chi connectivity index (χ4v) is 2.19. The van der Waals surface area contributed by atoms with Gasteiger partial charge in [0, 0.05) is 25.4 Å². The van der Waals surface area contributed by atoms with Gasteiger partial charge in [-0.15, -0.1) is 0 Å². The minimum Gasteiger partial charge on any atom is -0.388 e. The number of aryl methyl sites for hydroxylation is 1. The van der Waals surface area contributed by atoms with E-state index in [1.807, 2.05) is 13.2 Å². The summed E-state index contributed by atoms with van der Waals surface area (Å²) >= 11 is 0. The van der Waals surface area contributed by atoms with Gasteiger partial charge in [-0.2, -0.15) is 5.10 Å². The van der Waals surface area contributed by atoms with Crippen molar-refractivity contribution in [1.29, 1.82) is 0 Å². The fraction of sp³-hybridized carbons (Fsp3) is 0.750. The summed E-state index contributed by atoms with van der Waals surface area (Å²) in [6, 6.07) is 0. The van der Waals surface area contributed by atoms with E-state index in [0.29, 0.717) is 6.10 Å². The SMILES string of the molecule is Cn1cc(C(O)CCCC2CCCO2)cn1. The average molecular weight is 224 g/mol. The number of hydrogen-bond acceptors (Lipinski definition) is 3. The summed E-state index contributed by atoms with van der Waals surface area (Å²) in [5.74, 6) is 0. The Labute approximate surface area is 96.2 Å².